The van der Waals surface area contributed by atoms with E-state index >= 15 is 0 Å². The van der Waals surface area contributed by atoms with Crippen molar-refractivity contribution < 1.29 is 37.0 Å². The number of ether oxygens (including phenoxy) is 1. The van der Waals surface area contributed by atoms with Gasteiger partial charge in [-0.05, 0) is 42.8 Å². The van der Waals surface area contributed by atoms with Crippen molar-refractivity contribution in [1.82, 2.24) is 9.88 Å². The number of halogens is 6. The number of benzene rings is 2. The molecule has 0 aliphatic heterocycles. The van der Waals surface area contributed by atoms with Crippen LogP contribution in [0.2, 0.25) is 10.0 Å². The first-order chi connectivity index (χ1) is 14.9. The molecule has 1 aromatic heterocycles. The summed E-state index contributed by atoms with van der Waals surface area (Å²) in [4.78, 5) is 23.6. The Balaban J connectivity index is 2.03. The lowest BCUT2D eigenvalue weighted by Gasteiger charge is -2.22. The molecule has 0 radical (unpaired) electrons. The van der Waals surface area contributed by atoms with Gasteiger partial charge in [0, 0.05) is 11.9 Å². The maximum atomic E-state index is 13.7. The zero-order chi connectivity index (χ0) is 23.8. The number of rotatable bonds is 5. The number of carbonyl (C=O) groups is 2. The molecule has 12 heteroatoms. The molecule has 170 valence electrons. The van der Waals surface area contributed by atoms with Gasteiger partial charge < -0.3 is 19.7 Å². The number of fused-ring (bicyclic) bond motifs is 1. The van der Waals surface area contributed by atoms with Crippen LogP contribution in [0.5, 0.6) is 5.75 Å². The van der Waals surface area contributed by atoms with Gasteiger partial charge in [-0.3, -0.25) is 4.79 Å². The highest BCUT2D eigenvalue weighted by Gasteiger charge is 2.42. The van der Waals surface area contributed by atoms with Gasteiger partial charge in [-0.2, -0.15) is 13.2 Å². The van der Waals surface area contributed by atoms with Gasteiger partial charge in [-0.1, -0.05) is 29.3 Å². The number of nitrogens with one attached hydrogen (secondary N) is 1. The van der Waals surface area contributed by atoms with E-state index in [0.29, 0.717) is 10.9 Å². The topological polar surface area (TPSA) is 80.6 Å². The van der Waals surface area contributed by atoms with Crippen molar-refractivity contribution in [3.05, 3.63) is 63.5 Å². The SMILES string of the molecule is CCn1c(C(=O)NC(c2ccc(F)c(Cl)c2)C(F)(F)F)cc2cc(OC(=O)O)c(Cl)cc21. The van der Waals surface area contributed by atoms with E-state index in [-0.39, 0.29) is 23.0 Å². The number of amides is 1. The van der Waals surface area contributed by atoms with Crippen molar-refractivity contribution in [2.24, 2.45) is 0 Å². The molecule has 2 aromatic carbocycles. The molecule has 1 atom stereocenters. The van der Waals surface area contributed by atoms with E-state index in [1.807, 2.05) is 5.32 Å². The Hall–Kier alpha value is -2.98. The molecule has 1 heterocycles. The second kappa shape index (κ2) is 8.87. The van der Waals surface area contributed by atoms with Gasteiger partial charge in [0.05, 0.1) is 15.6 Å². The average Bonchev–Trinajstić information content (AvgIpc) is 3.04. The van der Waals surface area contributed by atoms with Crippen molar-refractivity contribution in [3.63, 3.8) is 0 Å². The van der Waals surface area contributed by atoms with E-state index in [9.17, 15) is 27.2 Å². The molecule has 0 aliphatic rings. The van der Waals surface area contributed by atoms with Crippen LogP contribution >= 0.6 is 23.2 Å². The molecule has 0 saturated carbocycles. The van der Waals surface area contributed by atoms with Crippen LogP contribution in [0.15, 0.2) is 36.4 Å². The van der Waals surface area contributed by atoms with E-state index in [0.717, 1.165) is 18.2 Å². The smallest absolute Gasteiger partial charge is 0.449 e. The van der Waals surface area contributed by atoms with E-state index in [1.165, 1.54) is 22.8 Å². The van der Waals surface area contributed by atoms with Crippen LogP contribution in [-0.2, 0) is 6.54 Å². The fourth-order valence-corrected chi connectivity index (χ4v) is 3.60. The fraction of sp³-hybridized carbons (Fsp3) is 0.200. The first kappa shape index (κ1) is 23.7. The molecule has 0 spiro atoms. The van der Waals surface area contributed by atoms with E-state index in [1.54, 1.807) is 6.92 Å². The van der Waals surface area contributed by atoms with Gasteiger partial charge in [-0.15, -0.1) is 0 Å². The quantitative estimate of drug-likeness (QED) is 0.252. The van der Waals surface area contributed by atoms with Gasteiger partial charge in [-0.25, -0.2) is 9.18 Å². The van der Waals surface area contributed by atoms with Crippen molar-refractivity contribution in [2.75, 3.05) is 0 Å². The Labute approximate surface area is 188 Å². The number of hydrogen-bond acceptors (Lipinski definition) is 3. The fourth-order valence-electron chi connectivity index (χ4n) is 3.22. The minimum Gasteiger partial charge on any atom is -0.449 e. The second-order valence-corrected chi connectivity index (χ2v) is 7.42. The summed E-state index contributed by atoms with van der Waals surface area (Å²) < 4.78 is 60.4. The first-order valence-corrected chi connectivity index (χ1v) is 9.74. The number of carboxylic acid groups (broad SMARTS) is 1. The van der Waals surface area contributed by atoms with Gasteiger partial charge in [0.25, 0.3) is 5.91 Å². The van der Waals surface area contributed by atoms with Crippen molar-refractivity contribution >= 4 is 46.2 Å². The van der Waals surface area contributed by atoms with Crippen LogP contribution in [0, 0.1) is 5.82 Å². The molecule has 6 nitrogen and oxygen atoms in total. The number of alkyl halides is 3. The summed E-state index contributed by atoms with van der Waals surface area (Å²) in [5.74, 6) is -2.16. The molecule has 0 fully saturated rings. The molecule has 0 aliphatic carbocycles. The normalized spacial score (nSPS) is 12.6. The van der Waals surface area contributed by atoms with Gasteiger partial charge >= 0.3 is 12.3 Å². The summed E-state index contributed by atoms with van der Waals surface area (Å²) in [6.45, 7) is 1.85. The number of carbonyl (C=O) groups excluding carboxylic acids is 1. The van der Waals surface area contributed by atoms with Crippen molar-refractivity contribution in [3.8, 4) is 5.75 Å². The van der Waals surface area contributed by atoms with Crippen LogP contribution in [0.25, 0.3) is 10.9 Å². The molecule has 3 aromatic rings. The minimum atomic E-state index is -4.90. The summed E-state index contributed by atoms with van der Waals surface area (Å²) in [6, 6.07) is 3.88. The summed E-state index contributed by atoms with van der Waals surface area (Å²) in [5, 5.41) is 10.4. The number of aromatic nitrogens is 1. The monoisotopic (exact) mass is 492 g/mol. The molecule has 32 heavy (non-hydrogen) atoms. The predicted octanol–water partition coefficient (Wildman–Crippen LogP) is 6.20. The van der Waals surface area contributed by atoms with Crippen LogP contribution in [-0.4, -0.2) is 27.9 Å². The maximum Gasteiger partial charge on any atom is 0.511 e. The zero-order valence-electron chi connectivity index (χ0n) is 16.1. The highest BCUT2D eigenvalue weighted by Crippen LogP contribution is 2.36. The molecule has 1 amide bonds. The third-order valence-corrected chi connectivity index (χ3v) is 5.17. The highest BCUT2D eigenvalue weighted by molar-refractivity contribution is 6.33. The average molecular weight is 493 g/mol. The van der Waals surface area contributed by atoms with Crippen molar-refractivity contribution in [1.29, 1.82) is 0 Å². The molecular formula is C20H14Cl2F4N2O4. The minimum absolute atomic E-state index is 0.0613. The summed E-state index contributed by atoms with van der Waals surface area (Å²) in [7, 11) is 0. The highest BCUT2D eigenvalue weighted by atomic mass is 35.5. The second-order valence-electron chi connectivity index (χ2n) is 6.60. The lowest BCUT2D eigenvalue weighted by molar-refractivity contribution is -0.155. The van der Waals surface area contributed by atoms with E-state index < -0.39 is 40.7 Å². The number of hydrogen-bond donors (Lipinski definition) is 2. The lowest BCUT2D eigenvalue weighted by atomic mass is 10.1. The Morgan fingerprint density at radius 3 is 2.41 bits per heavy atom. The zero-order valence-corrected chi connectivity index (χ0v) is 17.6. The van der Waals surface area contributed by atoms with Crippen LogP contribution in [0.3, 0.4) is 0 Å². The van der Waals surface area contributed by atoms with Gasteiger partial charge in [0.1, 0.15) is 11.5 Å². The van der Waals surface area contributed by atoms with Crippen LogP contribution in [0.1, 0.15) is 29.0 Å². The Kier molecular flexibility index (Phi) is 6.56. The van der Waals surface area contributed by atoms with Crippen LogP contribution < -0.4 is 10.1 Å². The molecule has 0 bridgehead atoms. The van der Waals surface area contributed by atoms with Gasteiger partial charge in [0.15, 0.2) is 11.8 Å². The number of aryl methyl sites for hydroxylation is 1. The van der Waals surface area contributed by atoms with Crippen molar-refractivity contribution in [2.45, 2.75) is 25.7 Å². The first-order valence-electron chi connectivity index (χ1n) is 8.98. The van der Waals surface area contributed by atoms with E-state index in [2.05, 4.69) is 4.74 Å². The molecule has 3 rings (SSSR count). The standard InChI is InChI=1S/C20H14Cl2F4N2O4/c1-2-28-14-8-12(22)16(32-19(30)31)7-10(14)6-15(28)18(29)27-17(20(24,25)26)9-3-4-13(23)11(21)5-9/h3-8,17H,2H2,1H3,(H,27,29)(H,30,31). The summed E-state index contributed by atoms with van der Waals surface area (Å²) in [6.07, 6.45) is -6.50. The molecule has 2 N–H and O–H groups in total. The van der Waals surface area contributed by atoms with Gasteiger partial charge in [0.2, 0.25) is 0 Å². The molecule has 0 saturated heterocycles. The lowest BCUT2D eigenvalue weighted by Crippen LogP contribution is -2.38. The largest absolute Gasteiger partial charge is 0.511 e. The molecule has 1 unspecified atom stereocenters. The Morgan fingerprint density at radius 1 is 1.16 bits per heavy atom. The summed E-state index contributed by atoms with van der Waals surface area (Å²) in [5.41, 5.74) is -0.195. The Morgan fingerprint density at radius 2 is 1.84 bits per heavy atom. The summed E-state index contributed by atoms with van der Waals surface area (Å²) >= 11 is 11.6. The predicted molar refractivity (Wildman–Crippen MR) is 109 cm³/mol. The maximum absolute atomic E-state index is 13.7. The van der Waals surface area contributed by atoms with E-state index in [4.69, 9.17) is 28.3 Å². The third-order valence-electron chi connectivity index (χ3n) is 4.58. The van der Waals surface area contributed by atoms with Crippen LogP contribution in [0.4, 0.5) is 22.4 Å². The Bertz CT molecular complexity index is 1210. The number of nitrogens with zero attached hydrogens (tertiary/aromatic N) is 1. The molecular weight excluding hydrogens is 479 g/mol. The third kappa shape index (κ3) is 4.76.